The minimum Gasteiger partial charge on any atom is -0.458 e. The first-order valence-electron chi connectivity index (χ1n) is 15.0. The zero-order chi connectivity index (χ0) is 34.6. The Labute approximate surface area is 279 Å². The Morgan fingerprint density at radius 2 is 1.83 bits per heavy atom. The van der Waals surface area contributed by atoms with E-state index in [4.69, 9.17) is 24.7 Å². The number of hydrogen-bond donors (Lipinski definition) is 2. The van der Waals surface area contributed by atoms with Crippen molar-refractivity contribution in [1.82, 2.24) is 5.32 Å². The van der Waals surface area contributed by atoms with E-state index in [9.17, 15) is 24.0 Å². The summed E-state index contributed by atoms with van der Waals surface area (Å²) in [6.45, 7) is 10.8. The van der Waals surface area contributed by atoms with Crippen LogP contribution in [0.3, 0.4) is 0 Å². The van der Waals surface area contributed by atoms with Crippen molar-refractivity contribution in [3.8, 4) is 0 Å². The molecule has 0 radical (unpaired) electrons. The molecule has 0 saturated heterocycles. The zero-order valence-electron chi connectivity index (χ0n) is 27.3. The lowest BCUT2D eigenvalue weighted by Gasteiger charge is -2.32. The Morgan fingerprint density at radius 3 is 2.41 bits per heavy atom. The molecule has 46 heavy (non-hydrogen) atoms. The fraction of sp³-hybridized carbons (Fsp3) is 0.500. The van der Waals surface area contributed by atoms with Crippen LogP contribution in [0, 0.1) is 11.8 Å². The van der Waals surface area contributed by atoms with Crippen molar-refractivity contribution in [2.75, 3.05) is 19.5 Å². The molecule has 2 amide bonds. The molecule has 0 aromatic carbocycles. The molecule has 0 saturated carbocycles. The van der Waals surface area contributed by atoms with Gasteiger partial charge in [0, 0.05) is 42.9 Å². The number of methoxy groups -OCH3 is 2. The van der Waals surface area contributed by atoms with Crippen LogP contribution in [-0.2, 0) is 38.1 Å². The number of primary amides is 1. The molecular weight excluding hydrogens is 660 g/mol. The average Bonchev–Trinajstić information content (AvgIpc) is 3.01. The quantitative estimate of drug-likeness (QED) is 0.158. The number of carbonyl (C=O) groups excluding carboxylic acids is 5. The van der Waals surface area contributed by atoms with Crippen LogP contribution in [0.2, 0.25) is 0 Å². The number of carbonyl (C=O) groups is 5. The lowest BCUT2D eigenvalue weighted by atomic mass is 9.82. The Bertz CT molecular complexity index is 1340. The molecule has 0 fully saturated rings. The fourth-order valence-corrected chi connectivity index (χ4v) is 5.65. The first kappa shape index (κ1) is 38.6. The van der Waals surface area contributed by atoms with Gasteiger partial charge in [-0.05, 0) is 51.0 Å². The van der Waals surface area contributed by atoms with E-state index in [1.165, 1.54) is 20.3 Å². The van der Waals surface area contributed by atoms with Gasteiger partial charge in [-0.3, -0.25) is 19.2 Å². The van der Waals surface area contributed by atoms with Crippen LogP contribution in [0.1, 0.15) is 53.4 Å². The number of allylic oxidation sites excluding steroid dienone is 6. The SMILES string of the molecule is C=CCCC1=C2CC(C)C[C@H](OC)[C@H](OC(=O)CBr)[C@@H](C)/C=C(\C)[C@H](OC(N)=O)[C@@H](OC)/C=C\C=C(/C)C(=O)NC(=CC1=O)C2=O. The van der Waals surface area contributed by atoms with Crippen molar-refractivity contribution in [3.63, 3.8) is 0 Å². The summed E-state index contributed by atoms with van der Waals surface area (Å²) in [4.78, 5) is 64.5. The maximum Gasteiger partial charge on any atom is 0.405 e. The molecule has 1 aliphatic carbocycles. The third kappa shape index (κ3) is 10.7. The molecule has 2 aliphatic rings. The minimum absolute atomic E-state index is 0.0429. The van der Waals surface area contributed by atoms with E-state index in [0.29, 0.717) is 36.0 Å². The number of nitrogens with one attached hydrogen (secondary N) is 1. The molecule has 252 valence electrons. The second-order valence-electron chi connectivity index (χ2n) is 11.5. The van der Waals surface area contributed by atoms with E-state index in [1.54, 1.807) is 38.2 Å². The fourth-order valence-electron chi connectivity index (χ4n) is 5.52. The zero-order valence-corrected chi connectivity index (χ0v) is 28.9. The number of Topliss-reactive ketones (excluding diaryl/α,β-unsaturated/α-hetero) is 1. The lowest BCUT2D eigenvalue weighted by molar-refractivity contribution is -0.156. The van der Waals surface area contributed by atoms with Crippen molar-refractivity contribution >= 4 is 45.5 Å². The molecule has 12 heteroatoms. The highest BCUT2D eigenvalue weighted by Crippen LogP contribution is 2.31. The Morgan fingerprint density at radius 1 is 1.13 bits per heavy atom. The predicted octanol–water partition coefficient (Wildman–Crippen LogP) is 4.72. The number of amides is 2. The van der Waals surface area contributed by atoms with Gasteiger partial charge < -0.3 is 30.0 Å². The highest BCUT2D eigenvalue weighted by molar-refractivity contribution is 9.09. The van der Waals surface area contributed by atoms with Crippen molar-refractivity contribution in [1.29, 1.82) is 0 Å². The standard InChI is InChI=1S/C34H45BrN2O9/c1-8-9-12-23-24-14-19(2)15-28(44-7)32(45-29(39)18-35)22(5)16-21(4)31(46-34(36)42)27(43-6)13-10-11-20(3)33(41)37-25(30(24)40)17-26(23)38/h8,10-11,13,16-17,19,22,27-28,31-32H,1,9,12,14-15,18H2,2-7H3,(H2,36,42)(H,37,41)/b13-10-,20-11+,21-16+/t19?,22-,27-,28-,31-,32+/m0/s1. The van der Waals surface area contributed by atoms with E-state index in [1.807, 2.05) is 13.8 Å². The molecule has 2 rings (SSSR count). The molecule has 1 aliphatic heterocycles. The van der Waals surface area contributed by atoms with Crippen LogP contribution in [0.25, 0.3) is 0 Å². The molecule has 0 aromatic rings. The van der Waals surface area contributed by atoms with Crippen molar-refractivity contribution in [2.45, 2.75) is 77.8 Å². The number of halogens is 1. The number of fused-ring (bicyclic) bond motifs is 2. The number of nitrogens with two attached hydrogens (primary N) is 1. The molecule has 1 unspecified atom stereocenters. The maximum atomic E-state index is 13.7. The van der Waals surface area contributed by atoms with E-state index >= 15 is 0 Å². The molecule has 11 nitrogen and oxygen atoms in total. The summed E-state index contributed by atoms with van der Waals surface area (Å²) >= 11 is 3.15. The topological polar surface area (TPSA) is 160 Å². The second-order valence-corrected chi connectivity index (χ2v) is 12.0. The monoisotopic (exact) mass is 704 g/mol. The molecule has 3 N–H and O–H groups in total. The summed E-state index contributed by atoms with van der Waals surface area (Å²) in [7, 11) is 2.93. The van der Waals surface area contributed by atoms with Gasteiger partial charge in [-0.25, -0.2) is 4.79 Å². The van der Waals surface area contributed by atoms with Gasteiger partial charge in [0.15, 0.2) is 11.9 Å². The van der Waals surface area contributed by atoms with Crippen LogP contribution in [-0.4, -0.2) is 73.5 Å². The number of hydrogen-bond acceptors (Lipinski definition) is 9. The lowest BCUT2D eigenvalue weighted by Crippen LogP contribution is -2.40. The van der Waals surface area contributed by atoms with Gasteiger partial charge in [0.1, 0.15) is 17.5 Å². The molecular formula is C34H45BrN2O9. The summed E-state index contributed by atoms with van der Waals surface area (Å²) in [5, 5.41) is 2.55. The summed E-state index contributed by atoms with van der Waals surface area (Å²) < 4.78 is 22.8. The van der Waals surface area contributed by atoms with Gasteiger partial charge in [-0.1, -0.05) is 60.2 Å². The van der Waals surface area contributed by atoms with Gasteiger partial charge in [-0.15, -0.1) is 6.58 Å². The molecule has 1 heterocycles. The third-order valence-electron chi connectivity index (χ3n) is 7.85. The van der Waals surface area contributed by atoms with Gasteiger partial charge in [0.2, 0.25) is 5.78 Å². The summed E-state index contributed by atoms with van der Waals surface area (Å²) in [6.07, 6.45) is 6.48. The second kappa shape index (κ2) is 18.5. The molecule has 0 spiro atoms. The Kier molecular flexibility index (Phi) is 15.5. The maximum absolute atomic E-state index is 13.7. The van der Waals surface area contributed by atoms with Gasteiger partial charge in [-0.2, -0.15) is 0 Å². The number of rotatable bonds is 8. The average molecular weight is 706 g/mol. The summed E-state index contributed by atoms with van der Waals surface area (Å²) in [5.41, 5.74) is 6.81. The van der Waals surface area contributed by atoms with E-state index < -0.39 is 54.1 Å². The highest BCUT2D eigenvalue weighted by Gasteiger charge is 2.35. The van der Waals surface area contributed by atoms with Gasteiger partial charge >= 0.3 is 12.1 Å². The first-order valence-corrected chi connectivity index (χ1v) is 16.1. The van der Waals surface area contributed by atoms with Crippen LogP contribution in [0.4, 0.5) is 4.79 Å². The largest absolute Gasteiger partial charge is 0.458 e. The van der Waals surface area contributed by atoms with Crippen molar-refractivity contribution in [3.05, 3.63) is 71.0 Å². The van der Waals surface area contributed by atoms with Crippen LogP contribution < -0.4 is 11.1 Å². The highest BCUT2D eigenvalue weighted by atomic mass is 79.9. The molecule has 2 bridgehead atoms. The van der Waals surface area contributed by atoms with Crippen LogP contribution in [0.5, 0.6) is 0 Å². The normalized spacial score (nSPS) is 29.8. The van der Waals surface area contributed by atoms with Gasteiger partial charge in [0.05, 0.1) is 11.8 Å². The van der Waals surface area contributed by atoms with Crippen LogP contribution >= 0.6 is 15.9 Å². The first-order chi connectivity index (χ1) is 21.8. The predicted molar refractivity (Wildman–Crippen MR) is 177 cm³/mol. The van der Waals surface area contributed by atoms with Crippen LogP contribution in [0.15, 0.2) is 71.0 Å². The third-order valence-corrected chi connectivity index (χ3v) is 8.31. The van der Waals surface area contributed by atoms with E-state index in [-0.39, 0.29) is 34.7 Å². The van der Waals surface area contributed by atoms with Gasteiger partial charge in [0.25, 0.3) is 5.91 Å². The number of alkyl halides is 1. The summed E-state index contributed by atoms with van der Waals surface area (Å²) in [6, 6.07) is 0. The minimum atomic E-state index is -1.02. The smallest absolute Gasteiger partial charge is 0.405 e. The van der Waals surface area contributed by atoms with E-state index in [2.05, 4.69) is 27.8 Å². The number of ether oxygens (including phenoxy) is 4. The molecule has 0 aromatic heterocycles. The Hall–Kier alpha value is -3.61. The summed E-state index contributed by atoms with van der Waals surface area (Å²) in [5.74, 6) is -2.53. The Balaban J connectivity index is 2.73. The molecule has 6 atom stereocenters. The van der Waals surface area contributed by atoms with E-state index in [0.717, 1.165) is 6.08 Å². The van der Waals surface area contributed by atoms with Crippen molar-refractivity contribution in [2.24, 2.45) is 17.6 Å². The number of esters is 1. The number of ketones is 2. The van der Waals surface area contributed by atoms with Crippen molar-refractivity contribution < 1.29 is 42.9 Å².